The highest BCUT2D eigenvalue weighted by Gasteiger charge is 2.24. The molecule has 0 bridgehead atoms. The molecule has 1 unspecified atom stereocenters. The summed E-state index contributed by atoms with van der Waals surface area (Å²) < 4.78 is 0. The van der Waals surface area contributed by atoms with Crippen LogP contribution in [0.3, 0.4) is 0 Å². The first-order valence-electron chi connectivity index (χ1n) is 7.90. The lowest BCUT2D eigenvalue weighted by Gasteiger charge is -2.29. The van der Waals surface area contributed by atoms with Crippen molar-refractivity contribution in [3.63, 3.8) is 0 Å². The molecule has 5 heteroatoms. The maximum Gasteiger partial charge on any atom is 0.275 e. The molecule has 1 aliphatic carbocycles. The minimum absolute atomic E-state index is 0.0168. The number of carbonyl (C=O) groups excluding carboxylic acids is 2. The Kier molecular flexibility index (Phi) is 7.59. The Bertz CT molecular complexity index is 320. The monoisotopic (exact) mass is 284 g/mol. The van der Waals surface area contributed by atoms with Crippen LogP contribution in [0.5, 0.6) is 0 Å². The van der Waals surface area contributed by atoms with Gasteiger partial charge in [-0.3, -0.25) is 9.59 Å². The van der Waals surface area contributed by atoms with E-state index in [1.807, 2.05) is 14.0 Å². The van der Waals surface area contributed by atoms with Crippen LogP contribution in [0.1, 0.15) is 46.0 Å². The predicted octanol–water partition coefficient (Wildman–Crippen LogP) is -0.278. The summed E-state index contributed by atoms with van der Waals surface area (Å²) in [6, 6.07) is 0.318. The summed E-state index contributed by atoms with van der Waals surface area (Å²) in [6.45, 7) is 5.66. The molecule has 3 N–H and O–H groups in total. The zero-order valence-electron chi connectivity index (χ0n) is 13.1. The zero-order chi connectivity index (χ0) is 15.0. The van der Waals surface area contributed by atoms with Gasteiger partial charge in [-0.25, -0.2) is 0 Å². The van der Waals surface area contributed by atoms with Gasteiger partial charge in [0, 0.05) is 12.6 Å². The van der Waals surface area contributed by atoms with Gasteiger partial charge < -0.3 is 15.5 Å². The van der Waals surface area contributed by atoms with Crippen molar-refractivity contribution < 1.29 is 14.5 Å². The SMILES string of the molecule is CCCNC(=O)C[NH+](C)CC(=O)N[C@@H]1CCCC[C@@H]1C. The number of quaternary nitrogens is 1. The molecule has 1 rings (SSSR count). The van der Waals surface area contributed by atoms with Gasteiger partial charge in [0.25, 0.3) is 11.8 Å². The van der Waals surface area contributed by atoms with E-state index in [0.29, 0.717) is 31.6 Å². The minimum Gasteiger partial charge on any atom is -0.351 e. The van der Waals surface area contributed by atoms with Gasteiger partial charge in [-0.05, 0) is 25.2 Å². The first-order chi connectivity index (χ1) is 9.52. The van der Waals surface area contributed by atoms with Gasteiger partial charge >= 0.3 is 0 Å². The van der Waals surface area contributed by atoms with Gasteiger partial charge in [-0.2, -0.15) is 0 Å². The van der Waals surface area contributed by atoms with Crippen LogP contribution in [-0.4, -0.2) is 44.5 Å². The fraction of sp³-hybridized carbons (Fsp3) is 0.867. The highest BCUT2D eigenvalue weighted by Crippen LogP contribution is 2.23. The van der Waals surface area contributed by atoms with Crippen LogP contribution in [-0.2, 0) is 9.59 Å². The molecule has 5 nitrogen and oxygen atoms in total. The smallest absolute Gasteiger partial charge is 0.275 e. The summed E-state index contributed by atoms with van der Waals surface area (Å²) in [6.07, 6.45) is 5.70. The zero-order valence-corrected chi connectivity index (χ0v) is 13.1. The van der Waals surface area contributed by atoms with E-state index in [1.54, 1.807) is 0 Å². The van der Waals surface area contributed by atoms with Crippen LogP contribution in [0.2, 0.25) is 0 Å². The average Bonchev–Trinajstić information content (AvgIpc) is 2.38. The Balaban J connectivity index is 2.25. The molecular weight excluding hydrogens is 254 g/mol. The van der Waals surface area contributed by atoms with Gasteiger partial charge in [-0.15, -0.1) is 0 Å². The normalized spacial score (nSPS) is 23.9. The number of likely N-dealkylation sites (N-methyl/N-ethyl adjacent to an activating group) is 1. The third kappa shape index (κ3) is 6.37. The van der Waals surface area contributed by atoms with Crippen LogP contribution in [0.15, 0.2) is 0 Å². The lowest BCUT2D eigenvalue weighted by Crippen LogP contribution is -3.11. The molecule has 0 aliphatic heterocycles. The maximum absolute atomic E-state index is 12.0. The van der Waals surface area contributed by atoms with E-state index >= 15 is 0 Å². The molecule has 1 aliphatic rings. The molecule has 3 atom stereocenters. The maximum atomic E-state index is 12.0. The van der Waals surface area contributed by atoms with Crippen molar-refractivity contribution in [2.24, 2.45) is 5.92 Å². The molecule has 0 radical (unpaired) electrons. The Hall–Kier alpha value is -1.10. The number of carbonyl (C=O) groups is 2. The standard InChI is InChI=1S/C15H29N3O2/c1-4-9-16-14(19)10-18(3)11-15(20)17-13-8-6-5-7-12(13)2/h12-13H,4-11H2,1-3H3,(H,16,19)(H,17,20)/p+1/t12-,13+/m0/s1. The van der Waals surface area contributed by atoms with Gasteiger partial charge in [0.2, 0.25) is 0 Å². The topological polar surface area (TPSA) is 62.6 Å². The van der Waals surface area contributed by atoms with Crippen molar-refractivity contribution in [2.75, 3.05) is 26.7 Å². The molecule has 0 heterocycles. The third-order valence-electron chi connectivity index (χ3n) is 3.95. The Morgan fingerprint density at radius 1 is 1.15 bits per heavy atom. The number of nitrogens with one attached hydrogen (secondary N) is 3. The van der Waals surface area contributed by atoms with Crippen molar-refractivity contribution in [1.29, 1.82) is 0 Å². The molecule has 0 saturated heterocycles. The molecule has 0 spiro atoms. The molecule has 0 aromatic rings. The summed E-state index contributed by atoms with van der Waals surface area (Å²) in [4.78, 5) is 24.5. The molecule has 2 amide bonds. The fourth-order valence-electron chi connectivity index (χ4n) is 2.73. The van der Waals surface area contributed by atoms with E-state index in [-0.39, 0.29) is 11.8 Å². The summed E-state index contributed by atoms with van der Waals surface area (Å²) in [7, 11) is 1.88. The van der Waals surface area contributed by atoms with Crippen molar-refractivity contribution in [3.05, 3.63) is 0 Å². The summed E-state index contributed by atoms with van der Waals surface area (Å²) in [5, 5.41) is 5.96. The second kappa shape index (κ2) is 8.95. The lowest BCUT2D eigenvalue weighted by molar-refractivity contribution is -0.862. The van der Waals surface area contributed by atoms with E-state index in [9.17, 15) is 9.59 Å². The first kappa shape index (κ1) is 17.0. The van der Waals surface area contributed by atoms with Crippen molar-refractivity contribution in [1.82, 2.24) is 10.6 Å². The molecule has 0 aromatic heterocycles. The van der Waals surface area contributed by atoms with Crippen LogP contribution in [0.4, 0.5) is 0 Å². The van der Waals surface area contributed by atoms with Gasteiger partial charge in [0.05, 0.1) is 7.05 Å². The predicted molar refractivity (Wildman–Crippen MR) is 79.5 cm³/mol. The number of hydrogen-bond donors (Lipinski definition) is 3. The first-order valence-corrected chi connectivity index (χ1v) is 7.90. The summed E-state index contributed by atoms with van der Waals surface area (Å²) in [5.41, 5.74) is 0. The van der Waals surface area contributed by atoms with E-state index in [0.717, 1.165) is 17.7 Å². The number of amides is 2. The highest BCUT2D eigenvalue weighted by molar-refractivity contribution is 5.79. The average molecular weight is 284 g/mol. The van der Waals surface area contributed by atoms with Gasteiger partial charge in [0.15, 0.2) is 13.1 Å². The van der Waals surface area contributed by atoms with Crippen LogP contribution in [0.25, 0.3) is 0 Å². The van der Waals surface area contributed by atoms with Crippen LogP contribution < -0.4 is 15.5 Å². The largest absolute Gasteiger partial charge is 0.351 e. The van der Waals surface area contributed by atoms with Gasteiger partial charge in [-0.1, -0.05) is 26.7 Å². The Morgan fingerprint density at radius 2 is 1.80 bits per heavy atom. The quantitative estimate of drug-likeness (QED) is 0.602. The molecule has 20 heavy (non-hydrogen) atoms. The second-order valence-corrected chi connectivity index (χ2v) is 6.10. The molecule has 1 fully saturated rings. The van der Waals surface area contributed by atoms with E-state index in [2.05, 4.69) is 17.6 Å². The number of rotatable bonds is 7. The van der Waals surface area contributed by atoms with Crippen molar-refractivity contribution >= 4 is 11.8 Å². The van der Waals surface area contributed by atoms with Crippen molar-refractivity contribution in [3.8, 4) is 0 Å². The molecular formula is C15H30N3O2+. The molecule has 116 valence electrons. The molecule has 1 saturated carbocycles. The van der Waals surface area contributed by atoms with Crippen LogP contribution >= 0.6 is 0 Å². The fourth-order valence-corrected chi connectivity index (χ4v) is 2.73. The Labute approximate surface area is 122 Å². The second-order valence-electron chi connectivity index (χ2n) is 6.10. The summed E-state index contributed by atoms with van der Waals surface area (Å²) >= 11 is 0. The minimum atomic E-state index is 0.0168. The lowest BCUT2D eigenvalue weighted by atomic mass is 9.86. The summed E-state index contributed by atoms with van der Waals surface area (Å²) in [5.74, 6) is 0.647. The van der Waals surface area contributed by atoms with Gasteiger partial charge in [0.1, 0.15) is 0 Å². The molecule has 0 aromatic carbocycles. The Morgan fingerprint density at radius 3 is 2.45 bits per heavy atom. The van der Waals surface area contributed by atoms with Crippen LogP contribution in [0, 0.1) is 5.92 Å². The third-order valence-corrected chi connectivity index (χ3v) is 3.95. The highest BCUT2D eigenvalue weighted by atomic mass is 16.2. The number of hydrogen-bond acceptors (Lipinski definition) is 2. The van der Waals surface area contributed by atoms with E-state index in [4.69, 9.17) is 0 Å². The van der Waals surface area contributed by atoms with E-state index < -0.39 is 0 Å². The van der Waals surface area contributed by atoms with E-state index in [1.165, 1.54) is 19.3 Å². The van der Waals surface area contributed by atoms with Crippen molar-refractivity contribution in [2.45, 2.75) is 52.0 Å².